The lowest BCUT2D eigenvalue weighted by Crippen LogP contribution is -2.44. The number of benzene rings is 1. The molecule has 1 atom stereocenters. The van der Waals surface area contributed by atoms with Crippen LogP contribution in [0.2, 0.25) is 0 Å². The highest BCUT2D eigenvalue weighted by Crippen LogP contribution is 2.22. The monoisotopic (exact) mass is 355 g/mol. The van der Waals surface area contributed by atoms with Gasteiger partial charge in [-0.25, -0.2) is 0 Å². The predicted molar refractivity (Wildman–Crippen MR) is 95.5 cm³/mol. The van der Waals surface area contributed by atoms with E-state index in [0.29, 0.717) is 18.5 Å². The summed E-state index contributed by atoms with van der Waals surface area (Å²) < 4.78 is 4.85. The first-order valence-electron chi connectivity index (χ1n) is 8.54. The van der Waals surface area contributed by atoms with Crippen molar-refractivity contribution in [2.24, 2.45) is 0 Å². The van der Waals surface area contributed by atoms with E-state index in [1.807, 2.05) is 24.3 Å². The van der Waals surface area contributed by atoms with Gasteiger partial charge in [0.15, 0.2) is 0 Å². The number of furan rings is 1. The van der Waals surface area contributed by atoms with Gasteiger partial charge in [-0.15, -0.1) is 0 Å². The van der Waals surface area contributed by atoms with E-state index in [-0.39, 0.29) is 17.7 Å². The molecule has 2 heterocycles. The summed E-state index contributed by atoms with van der Waals surface area (Å²) in [6, 6.07) is 8.40. The summed E-state index contributed by atoms with van der Waals surface area (Å²) in [7, 11) is 0. The second-order valence-electron chi connectivity index (χ2n) is 6.24. The molecule has 7 heteroatoms. The van der Waals surface area contributed by atoms with Crippen LogP contribution >= 0.6 is 0 Å². The normalized spacial score (nSPS) is 15.0. The molecule has 26 heavy (non-hydrogen) atoms. The molecular weight excluding hydrogens is 334 g/mol. The average molecular weight is 355 g/mol. The van der Waals surface area contributed by atoms with E-state index in [2.05, 4.69) is 10.6 Å². The van der Waals surface area contributed by atoms with Crippen LogP contribution < -0.4 is 15.5 Å². The Hall–Kier alpha value is -3.09. The molecule has 3 rings (SSSR count). The number of nitrogens with one attached hydrogen (secondary N) is 2. The smallest absolute Gasteiger partial charge is 0.255 e. The van der Waals surface area contributed by atoms with Crippen LogP contribution in [-0.4, -0.2) is 30.3 Å². The molecule has 1 saturated heterocycles. The summed E-state index contributed by atoms with van der Waals surface area (Å²) in [5.74, 6) is -0.526. The molecule has 136 valence electrons. The van der Waals surface area contributed by atoms with Gasteiger partial charge in [0.25, 0.3) is 5.91 Å². The molecule has 1 fully saturated rings. The average Bonchev–Trinajstić information content (AvgIpc) is 3.31. The van der Waals surface area contributed by atoms with Crippen LogP contribution in [0.25, 0.3) is 0 Å². The number of carbonyl (C=O) groups excluding carboxylic acids is 3. The van der Waals surface area contributed by atoms with Gasteiger partial charge in [-0.2, -0.15) is 0 Å². The van der Waals surface area contributed by atoms with Gasteiger partial charge in [-0.3, -0.25) is 14.4 Å². The van der Waals surface area contributed by atoms with Crippen LogP contribution in [0.5, 0.6) is 0 Å². The lowest BCUT2D eigenvalue weighted by atomic mass is 10.2. The van der Waals surface area contributed by atoms with Crippen LogP contribution in [0.15, 0.2) is 47.3 Å². The molecule has 0 bridgehead atoms. The predicted octanol–water partition coefficient (Wildman–Crippen LogP) is 1.84. The van der Waals surface area contributed by atoms with Crippen LogP contribution in [0.3, 0.4) is 0 Å². The first-order chi connectivity index (χ1) is 12.5. The zero-order valence-corrected chi connectivity index (χ0v) is 14.5. The Balaban J connectivity index is 1.54. The topological polar surface area (TPSA) is 91.7 Å². The fraction of sp³-hybridized carbons (Fsp3) is 0.316. The third-order valence-electron chi connectivity index (χ3n) is 4.29. The van der Waals surface area contributed by atoms with E-state index in [1.54, 1.807) is 11.8 Å². The van der Waals surface area contributed by atoms with E-state index in [4.69, 9.17) is 4.42 Å². The highest BCUT2D eigenvalue weighted by atomic mass is 16.3. The van der Waals surface area contributed by atoms with Gasteiger partial charge in [0.2, 0.25) is 11.8 Å². The molecule has 2 aromatic rings. The number of hydrogen-bond donors (Lipinski definition) is 2. The van der Waals surface area contributed by atoms with Crippen molar-refractivity contribution < 1.29 is 18.8 Å². The third kappa shape index (κ3) is 4.11. The quantitative estimate of drug-likeness (QED) is 0.827. The van der Waals surface area contributed by atoms with Crippen molar-refractivity contribution in [3.63, 3.8) is 0 Å². The van der Waals surface area contributed by atoms with Crippen LogP contribution in [-0.2, 0) is 16.1 Å². The molecule has 0 saturated carbocycles. The van der Waals surface area contributed by atoms with E-state index >= 15 is 0 Å². The van der Waals surface area contributed by atoms with Gasteiger partial charge in [0.05, 0.1) is 11.8 Å². The molecule has 1 aliphatic rings. The van der Waals surface area contributed by atoms with Crippen LogP contribution in [0.1, 0.15) is 35.7 Å². The van der Waals surface area contributed by atoms with Gasteiger partial charge in [0.1, 0.15) is 12.3 Å². The standard InChI is InChI=1S/C19H21N3O4/c1-13(21-19(25)15-7-9-26-12-15)18(24)20-11-14-4-2-5-16(10-14)22-8-3-6-17(22)23/h2,4-5,7,9-10,12-13H,3,6,8,11H2,1H3,(H,20,24)(H,21,25). The van der Waals surface area contributed by atoms with Gasteiger partial charge in [0, 0.05) is 25.2 Å². The SMILES string of the molecule is CC(NC(=O)c1ccoc1)C(=O)NCc1cccc(N2CCCC2=O)c1. The van der Waals surface area contributed by atoms with Crippen molar-refractivity contribution in [1.82, 2.24) is 10.6 Å². The molecule has 1 aromatic carbocycles. The van der Waals surface area contributed by atoms with Gasteiger partial charge in [-0.1, -0.05) is 12.1 Å². The Morgan fingerprint density at radius 2 is 2.15 bits per heavy atom. The van der Waals surface area contributed by atoms with Gasteiger partial charge >= 0.3 is 0 Å². The van der Waals surface area contributed by atoms with E-state index in [1.165, 1.54) is 18.6 Å². The number of rotatable bonds is 6. The Bertz CT molecular complexity index is 801. The molecule has 1 aliphatic heterocycles. The summed E-state index contributed by atoms with van der Waals surface area (Å²) in [6.07, 6.45) is 4.17. The summed E-state index contributed by atoms with van der Waals surface area (Å²) in [5.41, 5.74) is 2.11. The minimum Gasteiger partial charge on any atom is -0.472 e. The highest BCUT2D eigenvalue weighted by Gasteiger charge is 2.22. The molecule has 3 amide bonds. The first-order valence-corrected chi connectivity index (χ1v) is 8.54. The zero-order chi connectivity index (χ0) is 18.5. The number of carbonyl (C=O) groups is 3. The Morgan fingerprint density at radius 1 is 1.31 bits per heavy atom. The van der Waals surface area contributed by atoms with Crippen molar-refractivity contribution in [3.05, 3.63) is 54.0 Å². The lowest BCUT2D eigenvalue weighted by Gasteiger charge is -2.17. The molecule has 0 radical (unpaired) electrons. The van der Waals surface area contributed by atoms with E-state index < -0.39 is 6.04 Å². The molecule has 1 unspecified atom stereocenters. The van der Waals surface area contributed by atoms with E-state index in [9.17, 15) is 14.4 Å². The molecular formula is C19H21N3O4. The van der Waals surface area contributed by atoms with Crippen LogP contribution in [0, 0.1) is 0 Å². The highest BCUT2D eigenvalue weighted by molar-refractivity contribution is 5.97. The van der Waals surface area contributed by atoms with Crippen LogP contribution in [0.4, 0.5) is 5.69 Å². The lowest BCUT2D eigenvalue weighted by molar-refractivity contribution is -0.122. The maximum Gasteiger partial charge on any atom is 0.255 e. The second-order valence-corrected chi connectivity index (χ2v) is 6.24. The molecule has 7 nitrogen and oxygen atoms in total. The minimum absolute atomic E-state index is 0.127. The Labute approximate surface area is 151 Å². The fourth-order valence-electron chi connectivity index (χ4n) is 2.84. The number of amides is 3. The summed E-state index contributed by atoms with van der Waals surface area (Å²) in [5, 5.41) is 5.41. The maximum absolute atomic E-state index is 12.2. The molecule has 0 spiro atoms. The summed E-state index contributed by atoms with van der Waals surface area (Å²) >= 11 is 0. The van der Waals surface area contributed by atoms with Crippen molar-refractivity contribution in [2.75, 3.05) is 11.4 Å². The Kier molecular flexibility index (Phi) is 5.36. The second kappa shape index (κ2) is 7.86. The van der Waals surface area contributed by atoms with Gasteiger partial charge < -0.3 is 20.0 Å². The molecule has 1 aromatic heterocycles. The number of hydrogen-bond acceptors (Lipinski definition) is 4. The number of anilines is 1. The molecule has 0 aliphatic carbocycles. The first kappa shape index (κ1) is 17.7. The summed E-state index contributed by atoms with van der Waals surface area (Å²) in [6.45, 7) is 2.67. The molecule has 2 N–H and O–H groups in total. The fourth-order valence-corrected chi connectivity index (χ4v) is 2.84. The largest absolute Gasteiger partial charge is 0.472 e. The van der Waals surface area contributed by atoms with Crippen molar-refractivity contribution in [1.29, 1.82) is 0 Å². The third-order valence-corrected chi connectivity index (χ3v) is 4.29. The minimum atomic E-state index is -0.680. The zero-order valence-electron chi connectivity index (χ0n) is 14.5. The van der Waals surface area contributed by atoms with Crippen molar-refractivity contribution >= 4 is 23.4 Å². The van der Waals surface area contributed by atoms with Gasteiger partial charge in [-0.05, 0) is 37.1 Å². The number of nitrogens with zero attached hydrogens (tertiary/aromatic N) is 1. The maximum atomic E-state index is 12.2. The van der Waals surface area contributed by atoms with Crippen molar-refractivity contribution in [2.45, 2.75) is 32.4 Å². The summed E-state index contributed by atoms with van der Waals surface area (Å²) in [4.78, 5) is 37.7. The Morgan fingerprint density at radius 3 is 2.85 bits per heavy atom. The van der Waals surface area contributed by atoms with Crippen molar-refractivity contribution in [3.8, 4) is 0 Å². The van der Waals surface area contributed by atoms with E-state index in [0.717, 1.165) is 24.2 Å².